The molecule has 7 nitrogen and oxygen atoms in total. The molecule has 0 saturated heterocycles. The lowest BCUT2D eigenvalue weighted by Crippen LogP contribution is -2.48. The second kappa shape index (κ2) is 10.7. The van der Waals surface area contributed by atoms with Crippen molar-refractivity contribution < 1.29 is 23.8 Å². The fourth-order valence-electron chi connectivity index (χ4n) is 2.37. The lowest BCUT2D eigenvalue weighted by Gasteiger charge is -2.17. The van der Waals surface area contributed by atoms with Crippen LogP contribution in [-0.2, 0) is 9.59 Å². The summed E-state index contributed by atoms with van der Waals surface area (Å²) < 4.78 is 17.0. The van der Waals surface area contributed by atoms with Gasteiger partial charge in [-0.1, -0.05) is 32.0 Å². The van der Waals surface area contributed by atoms with Crippen molar-refractivity contribution in [1.29, 1.82) is 0 Å². The van der Waals surface area contributed by atoms with Crippen LogP contribution < -0.4 is 25.1 Å². The topological polar surface area (TPSA) is 85.9 Å². The third kappa shape index (κ3) is 6.67. The minimum absolute atomic E-state index is 0.248. The molecule has 2 rings (SSSR count). The monoisotopic (exact) mass is 464 g/mol. The molecule has 156 valence electrons. The zero-order chi connectivity index (χ0) is 21.4. The molecule has 0 radical (unpaired) electrons. The number of carbonyl (C=O) groups excluding carboxylic acids is 2. The standard InChI is InChI=1S/C21H25BrN2O5/c1-13(2)15-9-10-17(16(22)11-15)28-12-20(25)23-24-21(26)14(3)29-19-8-6-5-7-18(19)27-4/h5-11,13-14H,12H2,1-4H3,(H,23,25)(H,24,26). The van der Waals surface area contributed by atoms with Crippen molar-refractivity contribution in [1.82, 2.24) is 10.9 Å². The van der Waals surface area contributed by atoms with Crippen LogP contribution in [0.3, 0.4) is 0 Å². The number of hydrogen-bond donors (Lipinski definition) is 2. The first-order valence-electron chi connectivity index (χ1n) is 9.12. The van der Waals surface area contributed by atoms with E-state index in [2.05, 4.69) is 40.6 Å². The Morgan fingerprint density at radius 3 is 2.31 bits per heavy atom. The Bertz CT molecular complexity index is 857. The average molecular weight is 465 g/mol. The van der Waals surface area contributed by atoms with Crippen molar-refractivity contribution in [2.24, 2.45) is 0 Å². The number of para-hydroxylation sites is 2. The summed E-state index contributed by atoms with van der Waals surface area (Å²) in [5.74, 6) is 0.873. The number of hydrazine groups is 1. The lowest BCUT2D eigenvalue weighted by atomic mass is 10.0. The average Bonchev–Trinajstić information content (AvgIpc) is 2.71. The lowest BCUT2D eigenvalue weighted by molar-refractivity contribution is -0.133. The van der Waals surface area contributed by atoms with Crippen LogP contribution in [0.25, 0.3) is 0 Å². The number of nitrogens with one attached hydrogen (secondary N) is 2. The Morgan fingerprint density at radius 1 is 1.00 bits per heavy atom. The van der Waals surface area contributed by atoms with Crippen LogP contribution in [0.2, 0.25) is 0 Å². The fourth-order valence-corrected chi connectivity index (χ4v) is 2.88. The Balaban J connectivity index is 1.80. The number of amides is 2. The molecule has 1 unspecified atom stereocenters. The summed E-state index contributed by atoms with van der Waals surface area (Å²) in [7, 11) is 1.52. The van der Waals surface area contributed by atoms with Gasteiger partial charge in [0.25, 0.3) is 11.8 Å². The molecule has 0 heterocycles. The van der Waals surface area contributed by atoms with E-state index in [1.165, 1.54) is 7.11 Å². The van der Waals surface area contributed by atoms with Gasteiger partial charge in [0, 0.05) is 0 Å². The van der Waals surface area contributed by atoms with Crippen LogP contribution in [0.4, 0.5) is 0 Å². The molecule has 0 aliphatic heterocycles. The summed E-state index contributed by atoms with van der Waals surface area (Å²) in [5, 5.41) is 0. The zero-order valence-corrected chi connectivity index (χ0v) is 18.4. The van der Waals surface area contributed by atoms with Crippen LogP contribution in [0.15, 0.2) is 46.9 Å². The van der Waals surface area contributed by atoms with Crippen LogP contribution in [0, 0.1) is 0 Å². The van der Waals surface area contributed by atoms with Crippen molar-refractivity contribution in [3.05, 3.63) is 52.5 Å². The highest BCUT2D eigenvalue weighted by Crippen LogP contribution is 2.29. The van der Waals surface area contributed by atoms with Crippen LogP contribution in [-0.4, -0.2) is 31.6 Å². The summed E-state index contributed by atoms with van der Waals surface area (Å²) in [4.78, 5) is 24.1. The Hall–Kier alpha value is -2.74. The summed E-state index contributed by atoms with van der Waals surface area (Å²) in [6.45, 7) is 5.51. The quantitative estimate of drug-likeness (QED) is 0.583. The largest absolute Gasteiger partial charge is 0.493 e. The van der Waals surface area contributed by atoms with Gasteiger partial charge in [-0.25, -0.2) is 0 Å². The third-order valence-corrected chi connectivity index (χ3v) is 4.67. The molecule has 0 spiro atoms. The molecule has 0 aliphatic carbocycles. The first kappa shape index (κ1) is 22.5. The number of halogens is 1. The van der Waals surface area contributed by atoms with E-state index in [-0.39, 0.29) is 6.61 Å². The van der Waals surface area contributed by atoms with Crippen molar-refractivity contribution in [3.63, 3.8) is 0 Å². The number of hydrogen-bond acceptors (Lipinski definition) is 5. The van der Waals surface area contributed by atoms with Gasteiger partial charge in [0.1, 0.15) is 5.75 Å². The maximum absolute atomic E-state index is 12.1. The Morgan fingerprint density at radius 2 is 1.69 bits per heavy atom. The van der Waals surface area contributed by atoms with E-state index in [0.717, 1.165) is 10.0 Å². The molecular weight excluding hydrogens is 440 g/mol. The summed E-state index contributed by atoms with van der Waals surface area (Å²) in [6.07, 6.45) is -0.842. The Kier molecular flexibility index (Phi) is 8.33. The van der Waals surface area contributed by atoms with Crippen molar-refractivity contribution in [2.75, 3.05) is 13.7 Å². The summed E-state index contributed by atoms with van der Waals surface area (Å²) >= 11 is 3.44. The minimum atomic E-state index is -0.842. The van der Waals surface area contributed by atoms with Gasteiger partial charge in [0.05, 0.1) is 11.6 Å². The summed E-state index contributed by atoms with van der Waals surface area (Å²) in [5.41, 5.74) is 5.78. The predicted octanol–water partition coefficient (Wildman–Crippen LogP) is 3.57. The molecule has 8 heteroatoms. The van der Waals surface area contributed by atoms with Gasteiger partial charge < -0.3 is 14.2 Å². The maximum Gasteiger partial charge on any atom is 0.279 e. The number of methoxy groups -OCH3 is 1. The second-order valence-electron chi connectivity index (χ2n) is 6.58. The predicted molar refractivity (Wildman–Crippen MR) is 113 cm³/mol. The van der Waals surface area contributed by atoms with Gasteiger partial charge in [0.2, 0.25) is 0 Å². The maximum atomic E-state index is 12.1. The summed E-state index contributed by atoms with van der Waals surface area (Å²) in [6, 6.07) is 12.7. The van der Waals surface area contributed by atoms with Gasteiger partial charge in [0.15, 0.2) is 24.2 Å². The van der Waals surface area contributed by atoms with Crippen LogP contribution in [0.5, 0.6) is 17.2 Å². The van der Waals surface area contributed by atoms with Crippen molar-refractivity contribution in [3.8, 4) is 17.2 Å². The molecule has 0 saturated carbocycles. The number of ether oxygens (including phenoxy) is 3. The molecule has 0 aromatic heterocycles. The first-order valence-corrected chi connectivity index (χ1v) is 9.91. The minimum Gasteiger partial charge on any atom is -0.493 e. The second-order valence-corrected chi connectivity index (χ2v) is 7.44. The van der Waals surface area contributed by atoms with Gasteiger partial charge in [-0.2, -0.15) is 0 Å². The van der Waals surface area contributed by atoms with Gasteiger partial charge in [-0.3, -0.25) is 20.4 Å². The molecule has 2 amide bonds. The van der Waals surface area contributed by atoms with E-state index < -0.39 is 17.9 Å². The Labute approximate surface area is 178 Å². The normalized spacial score (nSPS) is 11.5. The molecular formula is C21H25BrN2O5. The molecule has 29 heavy (non-hydrogen) atoms. The molecule has 2 aromatic carbocycles. The molecule has 2 aromatic rings. The first-order chi connectivity index (χ1) is 13.8. The zero-order valence-electron chi connectivity index (χ0n) is 16.8. The highest BCUT2D eigenvalue weighted by atomic mass is 79.9. The van der Waals surface area contributed by atoms with E-state index in [4.69, 9.17) is 14.2 Å². The van der Waals surface area contributed by atoms with Crippen LogP contribution >= 0.6 is 15.9 Å². The number of carbonyl (C=O) groups is 2. The van der Waals surface area contributed by atoms with E-state index in [0.29, 0.717) is 23.2 Å². The van der Waals surface area contributed by atoms with Gasteiger partial charge in [-0.15, -0.1) is 0 Å². The van der Waals surface area contributed by atoms with E-state index in [1.807, 2.05) is 12.1 Å². The van der Waals surface area contributed by atoms with Gasteiger partial charge in [-0.05, 0) is 58.6 Å². The van der Waals surface area contributed by atoms with Crippen molar-refractivity contribution >= 4 is 27.7 Å². The third-order valence-electron chi connectivity index (χ3n) is 4.05. The number of benzene rings is 2. The smallest absolute Gasteiger partial charge is 0.279 e. The molecule has 2 N–H and O–H groups in total. The SMILES string of the molecule is COc1ccccc1OC(C)C(=O)NNC(=O)COc1ccc(C(C)C)cc1Br. The molecule has 0 fully saturated rings. The molecule has 0 aliphatic rings. The number of rotatable bonds is 8. The van der Waals surface area contributed by atoms with Crippen LogP contribution in [0.1, 0.15) is 32.3 Å². The van der Waals surface area contributed by atoms with Crippen molar-refractivity contribution in [2.45, 2.75) is 32.8 Å². The fraction of sp³-hybridized carbons (Fsp3) is 0.333. The van der Waals surface area contributed by atoms with E-state index in [9.17, 15) is 9.59 Å². The molecule has 0 bridgehead atoms. The highest BCUT2D eigenvalue weighted by molar-refractivity contribution is 9.10. The molecule has 1 atom stereocenters. The van der Waals surface area contributed by atoms with Gasteiger partial charge >= 0.3 is 0 Å². The highest BCUT2D eigenvalue weighted by Gasteiger charge is 2.17. The van der Waals surface area contributed by atoms with E-state index in [1.54, 1.807) is 37.3 Å². The van der Waals surface area contributed by atoms with E-state index >= 15 is 0 Å².